The largest absolute Gasteiger partial charge is 0.486 e. The molecular formula is C28H29F2N5O3. The molecule has 8 nitrogen and oxygen atoms in total. The summed E-state index contributed by atoms with van der Waals surface area (Å²) in [4.78, 5) is 23.5. The van der Waals surface area contributed by atoms with Crippen LogP contribution in [0.5, 0.6) is 5.75 Å². The van der Waals surface area contributed by atoms with Gasteiger partial charge in [-0.3, -0.25) is 4.79 Å². The van der Waals surface area contributed by atoms with E-state index in [2.05, 4.69) is 45.3 Å². The fourth-order valence-electron chi connectivity index (χ4n) is 4.03. The van der Waals surface area contributed by atoms with Gasteiger partial charge < -0.3 is 25.0 Å². The number of amides is 1. The van der Waals surface area contributed by atoms with Crippen LogP contribution in [0.1, 0.15) is 25.8 Å². The van der Waals surface area contributed by atoms with Gasteiger partial charge in [0.25, 0.3) is 0 Å². The van der Waals surface area contributed by atoms with E-state index in [4.69, 9.17) is 15.9 Å². The molecule has 1 amide bonds. The predicted octanol–water partition coefficient (Wildman–Crippen LogP) is 4.64. The van der Waals surface area contributed by atoms with Crippen LogP contribution in [0.4, 0.5) is 26.0 Å². The van der Waals surface area contributed by atoms with Crippen LogP contribution < -0.4 is 15.4 Å². The zero-order chi connectivity index (χ0) is 27.1. The van der Waals surface area contributed by atoms with Crippen molar-refractivity contribution in [3.05, 3.63) is 59.9 Å². The molecule has 1 unspecified atom stereocenters. The lowest BCUT2D eigenvalue weighted by atomic mass is 10.1. The van der Waals surface area contributed by atoms with Crippen molar-refractivity contribution in [2.24, 2.45) is 0 Å². The Hall–Kier alpha value is -4.07. The van der Waals surface area contributed by atoms with Crippen molar-refractivity contribution in [1.29, 1.82) is 0 Å². The van der Waals surface area contributed by atoms with Crippen molar-refractivity contribution >= 4 is 34.0 Å². The molecular weight excluding hydrogens is 492 g/mol. The van der Waals surface area contributed by atoms with Crippen molar-refractivity contribution in [1.82, 2.24) is 14.9 Å². The maximum Gasteiger partial charge on any atom is 0.248 e. The lowest BCUT2D eigenvalue weighted by molar-refractivity contribution is -0.111. The summed E-state index contributed by atoms with van der Waals surface area (Å²) in [6.07, 6.45) is 10.5. The molecule has 1 aliphatic heterocycles. The number of ether oxygens (including phenoxy) is 2. The van der Waals surface area contributed by atoms with Gasteiger partial charge >= 0.3 is 0 Å². The summed E-state index contributed by atoms with van der Waals surface area (Å²) in [7, 11) is 0. The lowest BCUT2D eigenvalue weighted by Crippen LogP contribution is -2.23. The number of aromatic nitrogens is 2. The van der Waals surface area contributed by atoms with Crippen LogP contribution in [0.25, 0.3) is 10.9 Å². The topological polar surface area (TPSA) is 88.6 Å². The maximum absolute atomic E-state index is 14.1. The number of nitrogens with one attached hydrogen (secondary N) is 2. The number of rotatable bonds is 10. The quantitative estimate of drug-likeness (QED) is 0.297. The molecule has 2 N–H and O–H groups in total. The van der Waals surface area contributed by atoms with Crippen molar-refractivity contribution in [2.45, 2.75) is 26.4 Å². The summed E-state index contributed by atoms with van der Waals surface area (Å²) in [5, 5.41) is 6.38. The van der Waals surface area contributed by atoms with Gasteiger partial charge in [0.15, 0.2) is 11.6 Å². The number of hydrogen-bond donors (Lipinski definition) is 2. The highest BCUT2D eigenvalue weighted by Gasteiger charge is 2.21. The highest BCUT2D eigenvalue weighted by atomic mass is 19.2. The highest BCUT2D eigenvalue weighted by molar-refractivity contribution is 6.03. The molecule has 0 saturated carbocycles. The van der Waals surface area contributed by atoms with Gasteiger partial charge in [0.1, 0.15) is 24.0 Å². The molecule has 3 aromatic rings. The van der Waals surface area contributed by atoms with Crippen LogP contribution in [-0.2, 0) is 9.53 Å². The molecule has 38 heavy (non-hydrogen) atoms. The van der Waals surface area contributed by atoms with Gasteiger partial charge in [0, 0.05) is 42.2 Å². The van der Waals surface area contributed by atoms with Gasteiger partial charge in [-0.05, 0) is 25.2 Å². The number of carbonyl (C=O) groups excluding carboxylic acids is 1. The average Bonchev–Trinajstić information content (AvgIpc) is 3.42. The lowest BCUT2D eigenvalue weighted by Gasteiger charge is -2.18. The minimum absolute atomic E-state index is 0.162. The van der Waals surface area contributed by atoms with Gasteiger partial charge in [-0.2, -0.15) is 0 Å². The van der Waals surface area contributed by atoms with Gasteiger partial charge in [-0.25, -0.2) is 18.7 Å². The summed E-state index contributed by atoms with van der Waals surface area (Å²) in [5.41, 5.74) is 0.926. The molecule has 1 aliphatic rings. The second kappa shape index (κ2) is 12.4. The second-order valence-electron chi connectivity index (χ2n) is 8.66. The minimum Gasteiger partial charge on any atom is -0.486 e. The normalized spacial score (nSPS) is 15.2. The number of anilines is 3. The Morgan fingerprint density at radius 1 is 1.26 bits per heavy atom. The highest BCUT2D eigenvalue weighted by Crippen LogP contribution is 2.35. The fraction of sp³-hybridized carbons (Fsp3) is 0.321. The molecule has 0 bridgehead atoms. The molecule has 0 radical (unpaired) electrons. The van der Waals surface area contributed by atoms with Crippen LogP contribution >= 0.6 is 0 Å². The first-order valence-electron chi connectivity index (χ1n) is 12.4. The summed E-state index contributed by atoms with van der Waals surface area (Å²) >= 11 is 0. The Balaban J connectivity index is 1.67. The third-order valence-corrected chi connectivity index (χ3v) is 6.15. The second-order valence-corrected chi connectivity index (χ2v) is 8.66. The zero-order valence-electron chi connectivity index (χ0n) is 21.3. The molecule has 0 aliphatic carbocycles. The number of benzene rings is 2. The molecule has 1 fully saturated rings. The van der Waals surface area contributed by atoms with Crippen LogP contribution in [0, 0.1) is 24.0 Å². The Labute approximate surface area is 220 Å². The van der Waals surface area contributed by atoms with Gasteiger partial charge in [0.2, 0.25) is 5.91 Å². The number of carbonyl (C=O) groups is 1. The molecule has 198 valence electrons. The smallest absolute Gasteiger partial charge is 0.248 e. The third kappa shape index (κ3) is 6.43. The fourth-order valence-corrected chi connectivity index (χ4v) is 4.03. The molecule has 0 spiro atoms. The Kier molecular flexibility index (Phi) is 8.84. The first-order valence-corrected chi connectivity index (χ1v) is 12.4. The molecule has 2 aromatic carbocycles. The molecule has 10 heteroatoms. The van der Waals surface area contributed by atoms with Crippen molar-refractivity contribution < 1.29 is 23.0 Å². The summed E-state index contributed by atoms with van der Waals surface area (Å²) in [6.45, 7) is 7.57. The van der Waals surface area contributed by atoms with Crippen molar-refractivity contribution in [3.63, 3.8) is 0 Å². The van der Waals surface area contributed by atoms with E-state index in [1.54, 1.807) is 18.2 Å². The van der Waals surface area contributed by atoms with E-state index in [0.717, 1.165) is 25.6 Å². The van der Waals surface area contributed by atoms with E-state index in [1.807, 2.05) is 0 Å². The predicted molar refractivity (Wildman–Crippen MR) is 143 cm³/mol. The number of likely N-dealkylation sites (N-methyl/N-ethyl adjacent to an activating group) is 1. The minimum atomic E-state index is -1.10. The SMILES string of the molecule is C#Cc1cc(Nc2ncnc3cc(OC4CCOC4)c(NC(=O)/C=C/CN(CC)CC)cc23)cc(F)c1F. The van der Waals surface area contributed by atoms with E-state index in [1.165, 1.54) is 18.5 Å². The summed E-state index contributed by atoms with van der Waals surface area (Å²) < 4.78 is 39.5. The van der Waals surface area contributed by atoms with Crippen LogP contribution in [0.2, 0.25) is 0 Å². The van der Waals surface area contributed by atoms with Crippen LogP contribution in [0.3, 0.4) is 0 Å². The average molecular weight is 522 g/mol. The number of nitrogens with zero attached hydrogens (tertiary/aromatic N) is 3. The van der Waals surface area contributed by atoms with Gasteiger partial charge in [-0.15, -0.1) is 6.42 Å². The number of fused-ring (bicyclic) bond motifs is 1. The van der Waals surface area contributed by atoms with Gasteiger partial charge in [0.05, 0.1) is 30.0 Å². The molecule has 4 rings (SSSR count). The molecule has 1 saturated heterocycles. The van der Waals surface area contributed by atoms with Gasteiger partial charge in [-0.1, -0.05) is 25.8 Å². The summed E-state index contributed by atoms with van der Waals surface area (Å²) in [6, 6.07) is 5.69. The van der Waals surface area contributed by atoms with E-state index >= 15 is 0 Å². The third-order valence-electron chi connectivity index (χ3n) is 6.15. The molecule has 2 heterocycles. The first kappa shape index (κ1) is 27.0. The van der Waals surface area contributed by atoms with Crippen LogP contribution in [-0.4, -0.2) is 59.7 Å². The van der Waals surface area contributed by atoms with E-state index in [9.17, 15) is 13.6 Å². The van der Waals surface area contributed by atoms with Crippen molar-refractivity contribution in [2.75, 3.05) is 43.5 Å². The number of terminal acetylenes is 1. The Bertz CT molecular complexity index is 1380. The standard InChI is InChI=1S/C28H29F2N5O3/c1-4-18-12-19(13-22(29)27(18)30)33-28-21-14-24(34-26(36)8-7-10-35(5-2)6-3)25(15-23(21)31-17-32-28)38-20-9-11-37-16-20/h1,7-8,12-15,17,20H,5-6,9-11,16H2,2-3H3,(H,34,36)(H,31,32,33)/b8-7+. The van der Waals surface area contributed by atoms with E-state index in [-0.39, 0.29) is 23.3 Å². The molecule has 1 aromatic heterocycles. The first-order chi connectivity index (χ1) is 18.4. The summed E-state index contributed by atoms with van der Waals surface area (Å²) in [5.74, 6) is 0.377. The van der Waals surface area contributed by atoms with Crippen LogP contribution in [0.15, 0.2) is 42.7 Å². The molecule has 1 atom stereocenters. The van der Waals surface area contributed by atoms with E-state index in [0.29, 0.717) is 47.9 Å². The Morgan fingerprint density at radius 2 is 2.08 bits per heavy atom. The van der Waals surface area contributed by atoms with E-state index < -0.39 is 11.6 Å². The number of halogens is 2. The number of hydrogen-bond acceptors (Lipinski definition) is 7. The Morgan fingerprint density at radius 3 is 2.79 bits per heavy atom. The van der Waals surface area contributed by atoms with Crippen molar-refractivity contribution in [3.8, 4) is 18.1 Å². The maximum atomic E-state index is 14.1. The zero-order valence-corrected chi connectivity index (χ0v) is 21.3. The monoisotopic (exact) mass is 521 g/mol.